The third kappa shape index (κ3) is 3.66. The van der Waals surface area contributed by atoms with Gasteiger partial charge in [0.2, 0.25) is 0 Å². The molecule has 14 heavy (non-hydrogen) atoms. The lowest BCUT2D eigenvalue weighted by atomic mass is 10.1. The molecule has 1 aromatic rings. The van der Waals surface area contributed by atoms with Crippen LogP contribution in [0.1, 0.15) is 25.0 Å². The van der Waals surface area contributed by atoms with E-state index in [-0.39, 0.29) is 0 Å². The lowest BCUT2D eigenvalue weighted by Crippen LogP contribution is -2.03. The molecule has 1 N–H and O–H groups in total. The second kappa shape index (κ2) is 6.02. The van der Waals surface area contributed by atoms with Crippen LogP contribution in [-0.2, 0) is 4.74 Å². The predicted octanol–water partition coefficient (Wildman–Crippen LogP) is 2.80. The fourth-order valence-electron chi connectivity index (χ4n) is 1.22. The maximum atomic E-state index is 9.73. The number of rotatable bonds is 5. The average Bonchev–Trinajstić information content (AvgIpc) is 2.18. The second-order valence-corrected chi connectivity index (χ2v) is 3.49. The maximum absolute atomic E-state index is 9.73. The van der Waals surface area contributed by atoms with Crippen molar-refractivity contribution >= 4 is 11.6 Å². The van der Waals surface area contributed by atoms with Gasteiger partial charge in [-0.25, -0.2) is 0 Å². The largest absolute Gasteiger partial charge is 0.388 e. The van der Waals surface area contributed by atoms with Gasteiger partial charge in [-0.05, 0) is 24.6 Å². The van der Waals surface area contributed by atoms with E-state index in [1.54, 1.807) is 12.1 Å². The third-order valence-corrected chi connectivity index (χ3v) is 2.21. The van der Waals surface area contributed by atoms with Gasteiger partial charge in [0.25, 0.3) is 0 Å². The summed E-state index contributed by atoms with van der Waals surface area (Å²) in [6.45, 7) is 3.19. The van der Waals surface area contributed by atoms with E-state index in [0.29, 0.717) is 24.7 Å². The smallest absolute Gasteiger partial charge is 0.0812 e. The van der Waals surface area contributed by atoms with E-state index in [0.717, 1.165) is 5.56 Å². The van der Waals surface area contributed by atoms with Crippen LogP contribution in [0.25, 0.3) is 0 Å². The van der Waals surface area contributed by atoms with Crippen molar-refractivity contribution in [1.29, 1.82) is 0 Å². The van der Waals surface area contributed by atoms with Gasteiger partial charge in [0.1, 0.15) is 0 Å². The molecule has 0 fully saturated rings. The number of aliphatic hydroxyl groups is 1. The molecule has 3 heteroatoms. The van der Waals surface area contributed by atoms with Gasteiger partial charge in [-0.15, -0.1) is 0 Å². The van der Waals surface area contributed by atoms with Crippen LogP contribution in [0.15, 0.2) is 24.3 Å². The lowest BCUT2D eigenvalue weighted by molar-refractivity contribution is 0.0886. The van der Waals surface area contributed by atoms with E-state index in [9.17, 15) is 5.11 Å². The number of ether oxygens (including phenoxy) is 1. The Balaban J connectivity index is 2.47. The monoisotopic (exact) mass is 214 g/mol. The van der Waals surface area contributed by atoms with Crippen LogP contribution in [0.5, 0.6) is 0 Å². The Morgan fingerprint density at radius 1 is 1.50 bits per heavy atom. The zero-order chi connectivity index (χ0) is 10.4. The summed E-state index contributed by atoms with van der Waals surface area (Å²) >= 11 is 5.81. The molecule has 0 radical (unpaired) electrons. The Hall–Kier alpha value is -0.570. The first-order valence-electron chi connectivity index (χ1n) is 4.75. The molecule has 0 aromatic heterocycles. The standard InChI is InChI=1S/C11H15ClO2/c1-2-14-7-6-11(13)9-4-3-5-10(12)8-9/h3-5,8,11,13H,2,6-7H2,1H3. The highest BCUT2D eigenvalue weighted by atomic mass is 35.5. The number of hydrogen-bond acceptors (Lipinski definition) is 2. The molecule has 1 atom stereocenters. The average molecular weight is 215 g/mol. The van der Waals surface area contributed by atoms with Crippen molar-refractivity contribution in [2.75, 3.05) is 13.2 Å². The van der Waals surface area contributed by atoms with Crippen LogP contribution in [-0.4, -0.2) is 18.3 Å². The van der Waals surface area contributed by atoms with Crippen LogP contribution in [0.2, 0.25) is 5.02 Å². The SMILES string of the molecule is CCOCCC(O)c1cccc(Cl)c1. The van der Waals surface area contributed by atoms with Crippen molar-refractivity contribution in [1.82, 2.24) is 0 Å². The molecule has 78 valence electrons. The van der Waals surface area contributed by atoms with Crippen molar-refractivity contribution in [2.24, 2.45) is 0 Å². The molecule has 0 heterocycles. The number of benzene rings is 1. The van der Waals surface area contributed by atoms with Crippen molar-refractivity contribution in [3.05, 3.63) is 34.9 Å². The normalized spacial score (nSPS) is 12.8. The minimum atomic E-state index is -0.486. The van der Waals surface area contributed by atoms with Crippen molar-refractivity contribution in [2.45, 2.75) is 19.4 Å². The first kappa shape index (κ1) is 11.5. The minimum Gasteiger partial charge on any atom is -0.388 e. The van der Waals surface area contributed by atoms with E-state index in [1.165, 1.54) is 0 Å². The van der Waals surface area contributed by atoms with Gasteiger partial charge in [-0.3, -0.25) is 0 Å². The van der Waals surface area contributed by atoms with E-state index in [4.69, 9.17) is 16.3 Å². The van der Waals surface area contributed by atoms with E-state index in [1.807, 2.05) is 19.1 Å². The Morgan fingerprint density at radius 2 is 2.29 bits per heavy atom. The molecule has 1 aromatic carbocycles. The Bertz CT molecular complexity index is 276. The summed E-state index contributed by atoms with van der Waals surface area (Å²) in [5, 5.41) is 10.4. The topological polar surface area (TPSA) is 29.5 Å². The zero-order valence-electron chi connectivity index (χ0n) is 8.24. The molecule has 1 unspecified atom stereocenters. The van der Waals surface area contributed by atoms with Gasteiger partial charge in [0.15, 0.2) is 0 Å². The van der Waals surface area contributed by atoms with Crippen LogP contribution in [0.4, 0.5) is 0 Å². The van der Waals surface area contributed by atoms with Gasteiger partial charge in [-0.2, -0.15) is 0 Å². The van der Waals surface area contributed by atoms with E-state index in [2.05, 4.69) is 0 Å². The first-order valence-corrected chi connectivity index (χ1v) is 5.13. The first-order chi connectivity index (χ1) is 6.74. The van der Waals surface area contributed by atoms with Crippen LogP contribution in [0.3, 0.4) is 0 Å². The molecule has 0 amide bonds. The molecular weight excluding hydrogens is 200 g/mol. The molecule has 0 spiro atoms. The second-order valence-electron chi connectivity index (χ2n) is 3.06. The van der Waals surface area contributed by atoms with Gasteiger partial charge in [0, 0.05) is 24.7 Å². The van der Waals surface area contributed by atoms with Gasteiger partial charge in [-0.1, -0.05) is 23.7 Å². The zero-order valence-corrected chi connectivity index (χ0v) is 9.00. The van der Waals surface area contributed by atoms with Crippen molar-refractivity contribution < 1.29 is 9.84 Å². The molecule has 1 rings (SSSR count). The molecular formula is C11H15ClO2. The summed E-state index contributed by atoms with van der Waals surface area (Å²) in [5.41, 5.74) is 0.845. The van der Waals surface area contributed by atoms with Gasteiger partial charge < -0.3 is 9.84 Å². The molecule has 0 aliphatic carbocycles. The number of halogens is 1. The highest BCUT2D eigenvalue weighted by molar-refractivity contribution is 6.30. The maximum Gasteiger partial charge on any atom is 0.0812 e. The van der Waals surface area contributed by atoms with E-state index >= 15 is 0 Å². The Kier molecular flexibility index (Phi) is 4.94. The minimum absolute atomic E-state index is 0.486. The molecule has 0 saturated carbocycles. The summed E-state index contributed by atoms with van der Waals surface area (Å²) in [6.07, 6.45) is 0.119. The van der Waals surface area contributed by atoms with Gasteiger partial charge >= 0.3 is 0 Å². The summed E-state index contributed by atoms with van der Waals surface area (Å²) in [6, 6.07) is 7.27. The number of hydrogen-bond donors (Lipinski definition) is 1. The molecule has 0 aliphatic rings. The Labute approximate surface area is 89.5 Å². The summed E-state index contributed by atoms with van der Waals surface area (Å²) in [4.78, 5) is 0. The fraction of sp³-hybridized carbons (Fsp3) is 0.455. The van der Waals surface area contributed by atoms with Gasteiger partial charge in [0.05, 0.1) is 6.10 Å². The summed E-state index contributed by atoms with van der Waals surface area (Å²) < 4.78 is 5.16. The highest BCUT2D eigenvalue weighted by Gasteiger charge is 2.06. The molecule has 0 aliphatic heterocycles. The fourth-order valence-corrected chi connectivity index (χ4v) is 1.42. The van der Waals surface area contributed by atoms with Crippen LogP contribution in [0, 0.1) is 0 Å². The van der Waals surface area contributed by atoms with Crippen LogP contribution >= 0.6 is 11.6 Å². The van der Waals surface area contributed by atoms with E-state index < -0.39 is 6.10 Å². The summed E-state index contributed by atoms with van der Waals surface area (Å²) in [5.74, 6) is 0. The highest BCUT2D eigenvalue weighted by Crippen LogP contribution is 2.19. The molecule has 0 saturated heterocycles. The lowest BCUT2D eigenvalue weighted by Gasteiger charge is -2.10. The van der Waals surface area contributed by atoms with Crippen LogP contribution < -0.4 is 0 Å². The Morgan fingerprint density at radius 3 is 2.93 bits per heavy atom. The quantitative estimate of drug-likeness (QED) is 0.764. The van der Waals surface area contributed by atoms with Crippen molar-refractivity contribution in [3.8, 4) is 0 Å². The number of aliphatic hydroxyl groups excluding tert-OH is 1. The molecule has 2 nitrogen and oxygen atoms in total. The molecule has 0 bridgehead atoms. The van der Waals surface area contributed by atoms with Crippen molar-refractivity contribution in [3.63, 3.8) is 0 Å². The summed E-state index contributed by atoms with van der Waals surface area (Å²) in [7, 11) is 0. The third-order valence-electron chi connectivity index (χ3n) is 1.97. The predicted molar refractivity (Wildman–Crippen MR) is 57.5 cm³/mol.